The number of fused-ring (bicyclic) bond motifs is 2. The molecule has 4 aromatic rings. The zero-order valence-electron chi connectivity index (χ0n) is 16.6. The van der Waals surface area contributed by atoms with Crippen LogP contribution in [-0.4, -0.2) is 29.2 Å². The molecule has 0 spiro atoms. The van der Waals surface area contributed by atoms with Gasteiger partial charge in [-0.1, -0.05) is 17.3 Å². The Bertz CT molecular complexity index is 1200. The minimum Gasteiger partial charge on any atom is -0.496 e. The van der Waals surface area contributed by atoms with Gasteiger partial charge >= 0.3 is 0 Å². The minimum absolute atomic E-state index is 0.605. The van der Waals surface area contributed by atoms with Gasteiger partial charge in [-0.05, 0) is 41.8 Å². The highest BCUT2D eigenvalue weighted by Crippen LogP contribution is 2.37. The van der Waals surface area contributed by atoms with Gasteiger partial charge in [-0.2, -0.15) is 5.10 Å². The van der Waals surface area contributed by atoms with E-state index in [1.807, 2.05) is 47.3 Å². The van der Waals surface area contributed by atoms with E-state index in [1.165, 1.54) is 23.2 Å². The van der Waals surface area contributed by atoms with Crippen LogP contribution in [0.25, 0.3) is 11.0 Å². The zero-order chi connectivity index (χ0) is 20.5. The van der Waals surface area contributed by atoms with E-state index < -0.39 is 0 Å². The molecule has 0 aliphatic carbocycles. The molecule has 154 valence electrons. The number of ether oxygens (including phenoxy) is 2. The number of anilines is 1. The van der Waals surface area contributed by atoms with Gasteiger partial charge in [0.25, 0.3) is 0 Å². The number of hydrogen-bond acceptors (Lipinski definition) is 8. The van der Waals surface area contributed by atoms with Crippen LogP contribution in [0, 0.1) is 0 Å². The second-order valence-corrected chi connectivity index (χ2v) is 7.78. The van der Waals surface area contributed by atoms with E-state index in [4.69, 9.17) is 14.0 Å². The van der Waals surface area contributed by atoms with Crippen molar-refractivity contribution in [1.29, 1.82) is 0 Å². The second-order valence-electron chi connectivity index (χ2n) is 6.94. The van der Waals surface area contributed by atoms with Crippen LogP contribution in [0.15, 0.2) is 52.0 Å². The second kappa shape index (κ2) is 7.92. The van der Waals surface area contributed by atoms with Crippen molar-refractivity contribution in [2.24, 2.45) is 0 Å². The first-order valence-corrected chi connectivity index (χ1v) is 10.3. The lowest BCUT2D eigenvalue weighted by molar-refractivity contribution is 0.405. The number of nitrogens with one attached hydrogen (secondary N) is 2. The quantitative estimate of drug-likeness (QED) is 0.434. The van der Waals surface area contributed by atoms with Gasteiger partial charge in [-0.15, -0.1) is 0 Å². The lowest BCUT2D eigenvalue weighted by Crippen LogP contribution is -2.09. The summed E-state index contributed by atoms with van der Waals surface area (Å²) in [6, 6.07) is 11.8. The number of aromatic nitrogens is 3. The molecule has 5 rings (SSSR count). The van der Waals surface area contributed by atoms with E-state index in [0.717, 1.165) is 34.7 Å². The molecule has 0 unspecified atom stereocenters. The molecule has 2 N–H and O–H groups in total. The predicted molar refractivity (Wildman–Crippen MR) is 115 cm³/mol. The van der Waals surface area contributed by atoms with Crippen molar-refractivity contribution >= 4 is 28.7 Å². The number of rotatable bonds is 7. The van der Waals surface area contributed by atoms with Crippen LogP contribution >= 0.6 is 11.9 Å². The number of para-hydroxylation sites is 1. The average Bonchev–Trinajstić information content (AvgIpc) is 3.49. The topological polar surface area (TPSA) is 86.4 Å². The molecule has 0 amide bonds. The molecule has 0 fully saturated rings. The fourth-order valence-electron chi connectivity index (χ4n) is 3.65. The molecular weight excluding hydrogens is 402 g/mol. The van der Waals surface area contributed by atoms with E-state index in [2.05, 4.69) is 20.3 Å². The molecular formula is C21H21N5O3S. The summed E-state index contributed by atoms with van der Waals surface area (Å²) in [7, 11) is 3.30. The van der Waals surface area contributed by atoms with Crippen LogP contribution in [0.3, 0.4) is 0 Å². The number of nitrogens with zero attached hydrogens (tertiary/aromatic N) is 3. The molecule has 30 heavy (non-hydrogen) atoms. The summed E-state index contributed by atoms with van der Waals surface area (Å²) in [5.41, 5.74) is 4.18. The summed E-state index contributed by atoms with van der Waals surface area (Å²) in [6.07, 6.45) is 1.93. The summed E-state index contributed by atoms with van der Waals surface area (Å²) < 4.78 is 21.9. The highest BCUT2D eigenvalue weighted by atomic mass is 32.2. The molecule has 0 saturated carbocycles. The number of methoxy groups -OCH3 is 2. The summed E-state index contributed by atoms with van der Waals surface area (Å²) in [5, 5.41) is 12.9. The first-order chi connectivity index (χ1) is 14.8. The van der Waals surface area contributed by atoms with Gasteiger partial charge in [0.2, 0.25) is 0 Å². The molecule has 2 aromatic carbocycles. The Morgan fingerprint density at radius 3 is 2.90 bits per heavy atom. The highest BCUT2D eigenvalue weighted by molar-refractivity contribution is 8.00. The largest absolute Gasteiger partial charge is 0.496 e. The SMILES string of the molecule is COc1ccccc1SNc1noc2cc(Cn3ncc4c3CNC4)cc(OC)c12. The molecule has 1 aliphatic rings. The van der Waals surface area contributed by atoms with Crippen molar-refractivity contribution in [2.75, 3.05) is 18.9 Å². The van der Waals surface area contributed by atoms with E-state index in [-0.39, 0.29) is 0 Å². The van der Waals surface area contributed by atoms with Crippen molar-refractivity contribution in [1.82, 2.24) is 20.3 Å². The first kappa shape index (κ1) is 18.8. The lowest BCUT2D eigenvalue weighted by atomic mass is 10.1. The summed E-state index contributed by atoms with van der Waals surface area (Å²) >= 11 is 1.41. The maximum absolute atomic E-state index is 5.66. The van der Waals surface area contributed by atoms with Gasteiger partial charge in [0.05, 0.1) is 37.6 Å². The first-order valence-electron chi connectivity index (χ1n) is 9.53. The van der Waals surface area contributed by atoms with Gasteiger partial charge in [-0.25, -0.2) is 0 Å². The Hall–Kier alpha value is -3.17. The van der Waals surface area contributed by atoms with Crippen molar-refractivity contribution < 1.29 is 14.0 Å². The van der Waals surface area contributed by atoms with E-state index >= 15 is 0 Å². The van der Waals surface area contributed by atoms with Gasteiger partial charge in [-0.3, -0.25) is 4.68 Å². The number of hydrogen-bond donors (Lipinski definition) is 2. The fraction of sp³-hybridized carbons (Fsp3) is 0.238. The fourth-order valence-corrected chi connectivity index (χ4v) is 4.39. The monoisotopic (exact) mass is 423 g/mol. The molecule has 0 bridgehead atoms. The number of benzene rings is 2. The standard InChI is InChI=1S/C21H21N5O3S/c1-27-16-5-3-4-6-19(16)30-25-21-20-17(28-2)7-13(8-18(20)29-24-21)12-26-15-11-22-9-14(15)10-23-26/h3-8,10,22H,9,11-12H2,1-2H3,(H,24,25). The minimum atomic E-state index is 0.605. The van der Waals surface area contributed by atoms with Crippen LogP contribution < -0.4 is 19.5 Å². The molecule has 9 heteroatoms. The van der Waals surface area contributed by atoms with Crippen LogP contribution in [0.2, 0.25) is 0 Å². The molecule has 0 radical (unpaired) electrons. The van der Waals surface area contributed by atoms with Crippen LogP contribution in [0.1, 0.15) is 16.8 Å². The predicted octanol–water partition coefficient (Wildman–Crippen LogP) is 3.81. The van der Waals surface area contributed by atoms with Gasteiger partial charge in [0.1, 0.15) is 16.9 Å². The third-order valence-electron chi connectivity index (χ3n) is 5.12. The summed E-state index contributed by atoms with van der Waals surface area (Å²) in [6.45, 7) is 2.35. The zero-order valence-corrected chi connectivity index (χ0v) is 17.5. The van der Waals surface area contributed by atoms with Crippen molar-refractivity contribution in [3.8, 4) is 11.5 Å². The van der Waals surface area contributed by atoms with Gasteiger partial charge in [0.15, 0.2) is 11.4 Å². The Balaban J connectivity index is 1.42. The third-order valence-corrected chi connectivity index (χ3v) is 5.97. The Kier molecular flexibility index (Phi) is 4.97. The average molecular weight is 423 g/mol. The van der Waals surface area contributed by atoms with Crippen LogP contribution in [0.5, 0.6) is 11.5 Å². The highest BCUT2D eigenvalue weighted by Gasteiger charge is 2.19. The Morgan fingerprint density at radius 1 is 1.17 bits per heavy atom. The van der Waals surface area contributed by atoms with Gasteiger partial charge in [0, 0.05) is 18.7 Å². The van der Waals surface area contributed by atoms with Crippen LogP contribution in [0.4, 0.5) is 5.82 Å². The lowest BCUT2D eigenvalue weighted by Gasteiger charge is -2.10. The maximum atomic E-state index is 5.66. The molecule has 8 nitrogen and oxygen atoms in total. The summed E-state index contributed by atoms with van der Waals surface area (Å²) in [4.78, 5) is 0.952. The van der Waals surface area contributed by atoms with Crippen LogP contribution in [-0.2, 0) is 19.6 Å². The maximum Gasteiger partial charge on any atom is 0.191 e. The normalized spacial score (nSPS) is 12.9. The Labute approximate surface area is 177 Å². The smallest absolute Gasteiger partial charge is 0.191 e. The Morgan fingerprint density at radius 2 is 2.03 bits per heavy atom. The molecule has 1 aliphatic heterocycles. The van der Waals surface area contributed by atoms with Crippen molar-refractivity contribution in [3.05, 3.63) is 59.4 Å². The van der Waals surface area contributed by atoms with E-state index in [9.17, 15) is 0 Å². The molecule has 0 atom stereocenters. The van der Waals surface area contributed by atoms with E-state index in [0.29, 0.717) is 23.7 Å². The third kappa shape index (κ3) is 3.35. The molecule has 3 heterocycles. The molecule has 2 aromatic heterocycles. The summed E-state index contributed by atoms with van der Waals surface area (Å²) in [5.74, 6) is 2.10. The molecule has 0 saturated heterocycles. The van der Waals surface area contributed by atoms with Crippen molar-refractivity contribution in [3.63, 3.8) is 0 Å². The van der Waals surface area contributed by atoms with Crippen molar-refractivity contribution in [2.45, 2.75) is 24.5 Å². The van der Waals surface area contributed by atoms with Gasteiger partial charge < -0.3 is 24.0 Å². The van der Waals surface area contributed by atoms with E-state index in [1.54, 1.807) is 14.2 Å².